The summed E-state index contributed by atoms with van der Waals surface area (Å²) >= 11 is 0. The summed E-state index contributed by atoms with van der Waals surface area (Å²) in [5.74, 6) is 0.862. The van der Waals surface area contributed by atoms with E-state index in [9.17, 15) is 0 Å². The third kappa shape index (κ3) is 5.17. The molecule has 0 atom stereocenters. The molecule has 2 aromatic heterocycles. The Morgan fingerprint density at radius 3 is 1.74 bits per heavy atom. The topological polar surface area (TPSA) is 21.1 Å². The van der Waals surface area contributed by atoms with Gasteiger partial charge in [0.2, 0.25) is 0 Å². The van der Waals surface area contributed by atoms with Crippen molar-refractivity contribution in [3.05, 3.63) is 247 Å². The fourth-order valence-electron chi connectivity index (χ4n) is 9.28. The van der Waals surface area contributed by atoms with Gasteiger partial charge in [0, 0.05) is 34.0 Å². The third-order valence-corrected chi connectivity index (χ3v) is 11.7. The van der Waals surface area contributed by atoms with E-state index in [0.717, 1.165) is 28.4 Å². The van der Waals surface area contributed by atoms with Crippen LogP contribution in [0.1, 0.15) is 22.3 Å². The highest BCUT2D eigenvalue weighted by Gasteiger charge is 2.46. The Kier molecular flexibility index (Phi) is 7.71. The molecule has 1 aliphatic rings. The Balaban J connectivity index is 1.05. The van der Waals surface area contributed by atoms with E-state index in [0.29, 0.717) is 0 Å². The molecule has 0 aliphatic heterocycles. The number of rotatable bonds is 7. The van der Waals surface area contributed by atoms with Crippen molar-refractivity contribution in [3.63, 3.8) is 0 Å². The number of para-hydroxylation sites is 2. The molecule has 3 heteroatoms. The van der Waals surface area contributed by atoms with Crippen molar-refractivity contribution in [3.8, 4) is 27.9 Å². The molecule has 0 saturated carbocycles. The lowest BCUT2D eigenvalue weighted by molar-refractivity contribution is 0.768. The zero-order chi connectivity index (χ0) is 37.8. The molecule has 10 aromatic rings. The van der Waals surface area contributed by atoms with Gasteiger partial charge in [-0.15, -0.1) is 0 Å². The number of pyridine rings is 1. The quantitative estimate of drug-likeness (QED) is 0.163. The zero-order valence-corrected chi connectivity index (χ0v) is 31.2. The minimum Gasteiger partial charge on any atom is -0.309 e. The lowest BCUT2D eigenvalue weighted by Gasteiger charge is -2.34. The summed E-state index contributed by atoms with van der Waals surface area (Å²) in [4.78, 5) is 7.19. The molecule has 0 bridgehead atoms. The molecule has 0 N–H and O–H groups in total. The molecule has 11 rings (SSSR count). The van der Waals surface area contributed by atoms with Crippen molar-refractivity contribution in [2.24, 2.45) is 0 Å². The smallest absolute Gasteiger partial charge is 0.137 e. The standard InChI is InChI=1S/C54H37N3/c1-4-16-40(17-5-1)54(41-18-6-2-7-19-41)49-24-12-10-22-45(49)46-33-32-44(37-50(46)54)56(53-26-14-15-35-55-53)43-30-27-38(28-31-43)39-29-34-52-48(36-39)47-23-11-13-25-51(47)57(52)42-20-8-3-9-21-42/h1-37H. The molecular formula is C54H37N3. The van der Waals surface area contributed by atoms with Crippen LogP contribution >= 0.6 is 0 Å². The van der Waals surface area contributed by atoms with E-state index in [1.807, 2.05) is 12.3 Å². The molecule has 268 valence electrons. The van der Waals surface area contributed by atoms with Gasteiger partial charge < -0.3 is 4.57 Å². The maximum Gasteiger partial charge on any atom is 0.137 e. The predicted molar refractivity (Wildman–Crippen MR) is 236 cm³/mol. The van der Waals surface area contributed by atoms with Crippen LogP contribution in [0.3, 0.4) is 0 Å². The molecular weight excluding hydrogens is 691 g/mol. The van der Waals surface area contributed by atoms with Crippen molar-refractivity contribution < 1.29 is 0 Å². The average molecular weight is 728 g/mol. The molecule has 0 unspecified atom stereocenters. The molecule has 0 spiro atoms. The number of nitrogens with zero attached hydrogens (tertiary/aromatic N) is 3. The minimum atomic E-state index is -0.494. The Morgan fingerprint density at radius 1 is 0.404 bits per heavy atom. The van der Waals surface area contributed by atoms with E-state index in [1.165, 1.54) is 60.8 Å². The first-order valence-corrected chi connectivity index (χ1v) is 19.5. The largest absolute Gasteiger partial charge is 0.309 e. The first-order valence-electron chi connectivity index (χ1n) is 19.5. The van der Waals surface area contributed by atoms with Crippen LogP contribution in [0, 0.1) is 0 Å². The van der Waals surface area contributed by atoms with Crippen molar-refractivity contribution in [1.29, 1.82) is 0 Å². The van der Waals surface area contributed by atoms with Crippen LogP contribution in [0.4, 0.5) is 17.2 Å². The molecule has 1 aliphatic carbocycles. The molecule has 57 heavy (non-hydrogen) atoms. The first-order chi connectivity index (χ1) is 28.3. The van der Waals surface area contributed by atoms with Crippen molar-refractivity contribution in [1.82, 2.24) is 9.55 Å². The van der Waals surface area contributed by atoms with Gasteiger partial charge in [-0.3, -0.25) is 4.90 Å². The van der Waals surface area contributed by atoms with Gasteiger partial charge >= 0.3 is 0 Å². The maximum absolute atomic E-state index is 4.91. The van der Waals surface area contributed by atoms with Gasteiger partial charge in [0.1, 0.15) is 5.82 Å². The normalized spacial score (nSPS) is 12.7. The van der Waals surface area contributed by atoms with Gasteiger partial charge in [0.05, 0.1) is 16.4 Å². The highest BCUT2D eigenvalue weighted by molar-refractivity contribution is 6.10. The molecule has 0 amide bonds. The summed E-state index contributed by atoms with van der Waals surface area (Å²) < 4.78 is 2.36. The summed E-state index contributed by atoms with van der Waals surface area (Å²) in [6, 6.07) is 79.0. The van der Waals surface area contributed by atoms with Crippen LogP contribution in [-0.4, -0.2) is 9.55 Å². The van der Waals surface area contributed by atoms with Crippen molar-refractivity contribution >= 4 is 39.0 Å². The lowest BCUT2D eigenvalue weighted by Crippen LogP contribution is -2.28. The van der Waals surface area contributed by atoms with Crippen molar-refractivity contribution in [2.45, 2.75) is 5.41 Å². The van der Waals surface area contributed by atoms with Crippen LogP contribution < -0.4 is 4.90 Å². The lowest BCUT2D eigenvalue weighted by atomic mass is 9.67. The van der Waals surface area contributed by atoms with Gasteiger partial charge in [-0.05, 0) is 111 Å². The Hall–Kier alpha value is -7.49. The van der Waals surface area contributed by atoms with Gasteiger partial charge in [-0.25, -0.2) is 4.98 Å². The first kappa shape index (κ1) is 32.9. The van der Waals surface area contributed by atoms with E-state index in [-0.39, 0.29) is 0 Å². The summed E-state index contributed by atoms with van der Waals surface area (Å²) in [5, 5.41) is 2.49. The predicted octanol–water partition coefficient (Wildman–Crippen LogP) is 13.7. The van der Waals surface area contributed by atoms with E-state index in [1.54, 1.807) is 0 Å². The third-order valence-electron chi connectivity index (χ3n) is 11.7. The Bertz CT molecular complexity index is 3000. The van der Waals surface area contributed by atoms with Crippen LogP contribution in [0.5, 0.6) is 0 Å². The van der Waals surface area contributed by atoms with E-state index < -0.39 is 5.41 Å². The molecule has 0 radical (unpaired) electrons. The highest BCUT2D eigenvalue weighted by Crippen LogP contribution is 2.57. The summed E-state index contributed by atoms with van der Waals surface area (Å²) in [5.41, 5.74) is 15.1. The number of hydrogen-bond acceptors (Lipinski definition) is 2. The van der Waals surface area contributed by atoms with Gasteiger partial charge in [-0.2, -0.15) is 0 Å². The van der Waals surface area contributed by atoms with Gasteiger partial charge in [0.15, 0.2) is 0 Å². The van der Waals surface area contributed by atoms with Crippen LogP contribution in [0.2, 0.25) is 0 Å². The highest BCUT2D eigenvalue weighted by atomic mass is 15.2. The summed E-state index contributed by atoms with van der Waals surface area (Å²) in [6.45, 7) is 0. The number of fused-ring (bicyclic) bond motifs is 6. The second-order valence-corrected chi connectivity index (χ2v) is 14.7. The van der Waals surface area contributed by atoms with Crippen molar-refractivity contribution in [2.75, 3.05) is 4.90 Å². The molecule has 3 nitrogen and oxygen atoms in total. The molecule has 8 aromatic carbocycles. The van der Waals surface area contributed by atoms with Crippen LogP contribution in [-0.2, 0) is 5.41 Å². The van der Waals surface area contributed by atoms with Crippen LogP contribution in [0.25, 0.3) is 49.7 Å². The summed E-state index contributed by atoms with van der Waals surface area (Å²) in [7, 11) is 0. The molecule has 0 saturated heterocycles. The Labute approximate surface area is 332 Å². The second kappa shape index (κ2) is 13.4. The molecule has 0 fully saturated rings. The number of benzene rings is 8. The fraction of sp³-hybridized carbons (Fsp3) is 0.0185. The van der Waals surface area contributed by atoms with E-state index in [2.05, 4.69) is 222 Å². The molecule has 2 heterocycles. The minimum absolute atomic E-state index is 0.494. The van der Waals surface area contributed by atoms with E-state index in [4.69, 9.17) is 4.98 Å². The number of anilines is 3. The van der Waals surface area contributed by atoms with Gasteiger partial charge in [-0.1, -0.05) is 152 Å². The number of aromatic nitrogens is 2. The number of hydrogen-bond donors (Lipinski definition) is 0. The average Bonchev–Trinajstić information content (AvgIpc) is 3.78. The SMILES string of the molecule is c1ccc(-n2c3ccccc3c3cc(-c4ccc(N(c5ccc6c(c5)C(c5ccccc5)(c5ccccc5)c5ccccc5-6)c5ccccn5)cc4)ccc32)cc1. The fourth-order valence-corrected chi connectivity index (χ4v) is 9.28. The van der Waals surface area contributed by atoms with E-state index >= 15 is 0 Å². The second-order valence-electron chi connectivity index (χ2n) is 14.7. The van der Waals surface area contributed by atoms with Gasteiger partial charge in [0.25, 0.3) is 0 Å². The maximum atomic E-state index is 4.91. The summed E-state index contributed by atoms with van der Waals surface area (Å²) in [6.07, 6.45) is 1.87. The van der Waals surface area contributed by atoms with Crippen LogP contribution in [0.15, 0.2) is 225 Å². The Morgan fingerprint density at radius 2 is 1.00 bits per heavy atom. The monoisotopic (exact) mass is 727 g/mol. The zero-order valence-electron chi connectivity index (χ0n) is 31.2.